The van der Waals surface area contributed by atoms with Crippen molar-refractivity contribution >= 4 is 34.6 Å². The highest BCUT2D eigenvalue weighted by Crippen LogP contribution is 2.47. The molecule has 1 spiro atoms. The summed E-state index contributed by atoms with van der Waals surface area (Å²) < 4.78 is 0. The molecule has 30 heavy (non-hydrogen) atoms. The van der Waals surface area contributed by atoms with Gasteiger partial charge in [-0.2, -0.15) is 0 Å². The number of carboxylic acids is 1. The van der Waals surface area contributed by atoms with Gasteiger partial charge < -0.3 is 14.9 Å². The molecule has 0 radical (unpaired) electrons. The fourth-order valence-electron chi connectivity index (χ4n) is 5.12. The molecule has 0 amide bonds. The molecule has 2 heterocycles. The predicted molar refractivity (Wildman–Crippen MR) is 121 cm³/mol. The van der Waals surface area contributed by atoms with Gasteiger partial charge in [-0.3, -0.25) is 0 Å². The Kier molecular flexibility index (Phi) is 5.38. The molecule has 0 bridgehead atoms. The van der Waals surface area contributed by atoms with Crippen molar-refractivity contribution in [1.29, 1.82) is 0 Å². The quantitative estimate of drug-likeness (QED) is 0.635. The van der Waals surface area contributed by atoms with E-state index in [9.17, 15) is 4.79 Å². The minimum absolute atomic E-state index is 0.286. The Balaban J connectivity index is 1.47. The van der Waals surface area contributed by atoms with Crippen LogP contribution in [0.3, 0.4) is 0 Å². The molecular formula is C24H26ClN3O2. The molecule has 1 unspecified atom stereocenters. The number of hydrogen-bond donors (Lipinski definition) is 1. The third-order valence-electron chi connectivity index (χ3n) is 6.84. The first-order valence-electron chi connectivity index (χ1n) is 10.3. The van der Waals surface area contributed by atoms with Crippen LogP contribution in [0.4, 0.5) is 17.1 Å². The van der Waals surface area contributed by atoms with Crippen molar-refractivity contribution in [3.63, 3.8) is 0 Å². The van der Waals surface area contributed by atoms with E-state index in [-0.39, 0.29) is 5.41 Å². The summed E-state index contributed by atoms with van der Waals surface area (Å²) >= 11 is 6.44. The van der Waals surface area contributed by atoms with E-state index in [4.69, 9.17) is 23.3 Å². The zero-order chi connectivity index (χ0) is 21.5. The van der Waals surface area contributed by atoms with Gasteiger partial charge in [0.15, 0.2) is 0 Å². The van der Waals surface area contributed by atoms with Crippen molar-refractivity contribution in [2.75, 3.05) is 29.4 Å². The largest absolute Gasteiger partial charge is 0.478 e. The predicted octanol–water partition coefficient (Wildman–Crippen LogP) is 5.78. The highest BCUT2D eigenvalue weighted by Gasteiger charge is 2.44. The van der Waals surface area contributed by atoms with Gasteiger partial charge in [0.2, 0.25) is 5.69 Å². The lowest BCUT2D eigenvalue weighted by Gasteiger charge is -2.40. The van der Waals surface area contributed by atoms with Crippen molar-refractivity contribution in [2.45, 2.75) is 39.2 Å². The van der Waals surface area contributed by atoms with Crippen LogP contribution >= 0.6 is 11.6 Å². The number of aromatic carboxylic acids is 1. The van der Waals surface area contributed by atoms with E-state index in [0.29, 0.717) is 22.3 Å². The molecule has 2 fully saturated rings. The second-order valence-corrected chi connectivity index (χ2v) is 9.05. The summed E-state index contributed by atoms with van der Waals surface area (Å²) in [6.45, 7) is 14.5. The minimum atomic E-state index is -0.890. The normalized spacial score (nSPS) is 20.4. The Bertz CT molecular complexity index is 1000. The molecule has 2 aromatic carbocycles. The van der Waals surface area contributed by atoms with Gasteiger partial charge in [0.1, 0.15) is 0 Å². The van der Waals surface area contributed by atoms with Crippen molar-refractivity contribution < 1.29 is 9.90 Å². The molecule has 2 aliphatic heterocycles. The smallest absolute Gasteiger partial charge is 0.335 e. The third-order valence-corrected chi connectivity index (χ3v) is 7.31. The summed E-state index contributed by atoms with van der Waals surface area (Å²) in [6, 6.07) is 11.5. The average Bonchev–Trinajstić information content (AvgIpc) is 3.06. The van der Waals surface area contributed by atoms with Gasteiger partial charge in [0, 0.05) is 37.1 Å². The fraction of sp³-hybridized carbons (Fsp3) is 0.417. The number of rotatable bonds is 3. The third kappa shape index (κ3) is 3.61. The maximum Gasteiger partial charge on any atom is 0.335 e. The maximum absolute atomic E-state index is 11.1. The van der Waals surface area contributed by atoms with Crippen LogP contribution in [0.25, 0.3) is 4.85 Å². The lowest BCUT2D eigenvalue weighted by atomic mass is 9.76. The number of carbonyl (C=O) groups is 1. The topological polar surface area (TPSA) is 48.1 Å². The summed E-state index contributed by atoms with van der Waals surface area (Å²) in [5, 5.41) is 9.66. The van der Waals surface area contributed by atoms with Gasteiger partial charge in [-0.1, -0.05) is 17.7 Å². The molecule has 4 rings (SSSR count). The van der Waals surface area contributed by atoms with Crippen LogP contribution in [0.15, 0.2) is 36.4 Å². The Morgan fingerprint density at radius 1 is 1.20 bits per heavy atom. The van der Waals surface area contributed by atoms with Gasteiger partial charge in [-0.05, 0) is 74.4 Å². The molecule has 1 atom stereocenters. The van der Waals surface area contributed by atoms with Gasteiger partial charge in [0.25, 0.3) is 0 Å². The van der Waals surface area contributed by atoms with E-state index in [2.05, 4.69) is 21.6 Å². The number of piperidine rings is 1. The van der Waals surface area contributed by atoms with E-state index in [1.165, 1.54) is 0 Å². The van der Waals surface area contributed by atoms with Crippen LogP contribution in [0.5, 0.6) is 0 Å². The van der Waals surface area contributed by atoms with E-state index in [1.54, 1.807) is 12.1 Å². The van der Waals surface area contributed by atoms with E-state index >= 15 is 0 Å². The van der Waals surface area contributed by atoms with Crippen molar-refractivity contribution in [1.82, 2.24) is 0 Å². The highest BCUT2D eigenvalue weighted by atomic mass is 35.5. The Labute approximate surface area is 182 Å². The van der Waals surface area contributed by atoms with Gasteiger partial charge in [0.05, 0.1) is 17.2 Å². The molecule has 6 heteroatoms. The number of nitrogens with zero attached hydrogens (tertiary/aromatic N) is 3. The molecule has 1 N–H and O–H groups in total. The first-order chi connectivity index (χ1) is 14.3. The second kappa shape index (κ2) is 7.85. The fourth-order valence-corrected chi connectivity index (χ4v) is 5.32. The lowest BCUT2D eigenvalue weighted by Crippen LogP contribution is -2.41. The summed E-state index contributed by atoms with van der Waals surface area (Å²) in [4.78, 5) is 19.4. The van der Waals surface area contributed by atoms with Crippen molar-refractivity contribution in [3.8, 4) is 0 Å². The summed E-state index contributed by atoms with van der Waals surface area (Å²) in [5.74, 6) is -0.890. The molecular weight excluding hydrogens is 398 g/mol. The Hall–Kier alpha value is -2.71. The molecule has 5 nitrogen and oxygen atoms in total. The minimum Gasteiger partial charge on any atom is -0.478 e. The van der Waals surface area contributed by atoms with Crippen LogP contribution in [0, 0.1) is 18.9 Å². The van der Waals surface area contributed by atoms with Gasteiger partial charge in [-0.25, -0.2) is 9.64 Å². The van der Waals surface area contributed by atoms with Gasteiger partial charge in [-0.15, -0.1) is 0 Å². The number of hydrogen-bond acceptors (Lipinski definition) is 3. The second-order valence-electron chi connectivity index (χ2n) is 8.67. The summed E-state index contributed by atoms with van der Waals surface area (Å²) in [6.07, 6.45) is 3.38. The first kappa shape index (κ1) is 20.6. The first-order valence-corrected chi connectivity index (χ1v) is 10.7. The molecule has 0 aromatic heterocycles. The van der Waals surface area contributed by atoms with Crippen LogP contribution < -0.4 is 9.80 Å². The maximum atomic E-state index is 11.1. The number of halogens is 1. The van der Waals surface area contributed by atoms with E-state index < -0.39 is 5.97 Å². The summed E-state index contributed by atoms with van der Waals surface area (Å²) in [5.41, 5.74) is 4.35. The SMILES string of the molecule is [C-]#[N+]c1ccc(N2CC3(CCN(c4ccc(C(=O)O)cc4)CC3)CC2C)c(C)c1Cl. The Morgan fingerprint density at radius 3 is 2.47 bits per heavy atom. The molecule has 2 aromatic rings. The van der Waals surface area contributed by atoms with E-state index in [0.717, 1.165) is 55.8 Å². The average molecular weight is 424 g/mol. The standard InChI is InChI=1S/C24H26ClN3O2/c1-16-14-24(15-28(16)21-9-8-20(26-3)22(25)17(21)2)10-12-27(13-11-24)19-6-4-18(5-7-19)23(29)30/h4-9,16H,10-15H2,1-2H3,(H,29,30). The molecule has 0 saturated carbocycles. The van der Waals surface area contributed by atoms with Gasteiger partial charge >= 0.3 is 5.97 Å². The highest BCUT2D eigenvalue weighted by molar-refractivity contribution is 6.34. The zero-order valence-electron chi connectivity index (χ0n) is 17.4. The van der Waals surface area contributed by atoms with Crippen LogP contribution in [0.2, 0.25) is 5.02 Å². The molecule has 0 aliphatic carbocycles. The number of anilines is 2. The van der Waals surface area contributed by atoms with Crippen LogP contribution in [-0.2, 0) is 0 Å². The summed E-state index contributed by atoms with van der Waals surface area (Å²) in [7, 11) is 0. The number of benzene rings is 2. The molecule has 156 valence electrons. The zero-order valence-corrected chi connectivity index (χ0v) is 18.1. The monoisotopic (exact) mass is 423 g/mol. The van der Waals surface area contributed by atoms with E-state index in [1.807, 2.05) is 31.2 Å². The van der Waals surface area contributed by atoms with Crippen LogP contribution in [0.1, 0.15) is 42.1 Å². The molecule has 2 aliphatic rings. The number of carboxylic acid groups (broad SMARTS) is 1. The van der Waals surface area contributed by atoms with Crippen molar-refractivity contribution in [2.24, 2.45) is 5.41 Å². The lowest BCUT2D eigenvalue weighted by molar-refractivity contribution is 0.0697. The van der Waals surface area contributed by atoms with Crippen LogP contribution in [-0.4, -0.2) is 36.8 Å². The molecule has 2 saturated heterocycles. The van der Waals surface area contributed by atoms with Crippen molar-refractivity contribution in [3.05, 3.63) is 64.0 Å². The Morgan fingerprint density at radius 2 is 1.87 bits per heavy atom.